The SMILES string of the molecule is Cc1noc(C)c1CNC(=O)c1cccc(I)c1. The smallest absolute Gasteiger partial charge is 0.251 e. The molecule has 0 aliphatic heterocycles. The lowest BCUT2D eigenvalue weighted by Gasteiger charge is -2.05. The molecule has 2 rings (SSSR count). The van der Waals surface area contributed by atoms with Crippen LogP contribution in [0.3, 0.4) is 0 Å². The second-order valence-corrected chi connectivity index (χ2v) is 5.24. The standard InChI is InChI=1S/C13H13IN2O2/c1-8-12(9(2)18-16-8)7-15-13(17)10-4-3-5-11(14)6-10/h3-6H,7H2,1-2H3,(H,15,17). The van der Waals surface area contributed by atoms with Crippen molar-refractivity contribution in [2.24, 2.45) is 0 Å². The van der Waals surface area contributed by atoms with Crippen LogP contribution in [0.1, 0.15) is 27.4 Å². The molecule has 1 heterocycles. The van der Waals surface area contributed by atoms with Crippen molar-refractivity contribution in [1.82, 2.24) is 10.5 Å². The number of carbonyl (C=O) groups excluding carboxylic acids is 1. The molecule has 1 aromatic carbocycles. The average Bonchev–Trinajstić information content (AvgIpc) is 2.66. The molecule has 0 saturated heterocycles. The highest BCUT2D eigenvalue weighted by Gasteiger charge is 2.11. The molecule has 0 bridgehead atoms. The van der Waals surface area contributed by atoms with Crippen LogP contribution in [0.2, 0.25) is 0 Å². The van der Waals surface area contributed by atoms with Gasteiger partial charge in [0.2, 0.25) is 0 Å². The molecule has 1 N–H and O–H groups in total. The van der Waals surface area contributed by atoms with E-state index in [1.807, 2.05) is 32.0 Å². The number of hydrogen-bond donors (Lipinski definition) is 1. The zero-order valence-electron chi connectivity index (χ0n) is 10.2. The lowest BCUT2D eigenvalue weighted by Crippen LogP contribution is -2.23. The third-order valence-electron chi connectivity index (χ3n) is 2.69. The summed E-state index contributed by atoms with van der Waals surface area (Å²) in [4.78, 5) is 11.9. The number of aryl methyl sites for hydroxylation is 2. The van der Waals surface area contributed by atoms with Gasteiger partial charge < -0.3 is 9.84 Å². The summed E-state index contributed by atoms with van der Waals surface area (Å²) < 4.78 is 6.09. The number of halogens is 1. The Morgan fingerprint density at radius 2 is 2.22 bits per heavy atom. The maximum Gasteiger partial charge on any atom is 0.251 e. The minimum atomic E-state index is -0.0893. The van der Waals surface area contributed by atoms with Crippen molar-refractivity contribution >= 4 is 28.5 Å². The third-order valence-corrected chi connectivity index (χ3v) is 3.36. The quantitative estimate of drug-likeness (QED) is 0.861. The summed E-state index contributed by atoms with van der Waals surface area (Å²) in [6, 6.07) is 7.46. The summed E-state index contributed by atoms with van der Waals surface area (Å²) in [6.45, 7) is 4.14. The lowest BCUT2D eigenvalue weighted by atomic mass is 10.2. The predicted molar refractivity (Wildman–Crippen MR) is 76.3 cm³/mol. The number of carbonyl (C=O) groups is 1. The minimum absolute atomic E-state index is 0.0893. The predicted octanol–water partition coefficient (Wildman–Crippen LogP) is 2.83. The van der Waals surface area contributed by atoms with Gasteiger partial charge in [-0.1, -0.05) is 11.2 Å². The van der Waals surface area contributed by atoms with Crippen LogP contribution in [0.15, 0.2) is 28.8 Å². The van der Waals surface area contributed by atoms with Crippen LogP contribution in [0.5, 0.6) is 0 Å². The lowest BCUT2D eigenvalue weighted by molar-refractivity contribution is 0.0950. The zero-order valence-corrected chi connectivity index (χ0v) is 12.3. The van der Waals surface area contributed by atoms with Gasteiger partial charge in [-0.2, -0.15) is 0 Å². The molecule has 0 aliphatic rings. The Kier molecular flexibility index (Phi) is 4.00. The minimum Gasteiger partial charge on any atom is -0.361 e. The molecule has 2 aromatic rings. The maximum atomic E-state index is 11.9. The van der Waals surface area contributed by atoms with Gasteiger partial charge in [-0.05, 0) is 54.6 Å². The van der Waals surface area contributed by atoms with Gasteiger partial charge in [-0.3, -0.25) is 4.79 Å². The average molecular weight is 356 g/mol. The van der Waals surface area contributed by atoms with Gasteiger partial charge in [0, 0.05) is 21.2 Å². The number of rotatable bonds is 3. The Morgan fingerprint density at radius 1 is 1.44 bits per heavy atom. The first kappa shape index (κ1) is 13.1. The third kappa shape index (κ3) is 2.90. The Morgan fingerprint density at radius 3 is 2.83 bits per heavy atom. The number of nitrogens with zero attached hydrogens (tertiary/aromatic N) is 1. The maximum absolute atomic E-state index is 11.9. The number of amides is 1. The molecule has 0 aliphatic carbocycles. The van der Waals surface area contributed by atoms with Crippen molar-refractivity contribution in [3.05, 3.63) is 50.4 Å². The second-order valence-electron chi connectivity index (χ2n) is 4.00. The first-order chi connectivity index (χ1) is 8.58. The number of nitrogens with one attached hydrogen (secondary N) is 1. The molecule has 94 valence electrons. The van der Waals surface area contributed by atoms with E-state index in [4.69, 9.17) is 4.52 Å². The number of hydrogen-bond acceptors (Lipinski definition) is 3. The Bertz CT molecular complexity index is 559. The highest BCUT2D eigenvalue weighted by molar-refractivity contribution is 14.1. The van der Waals surface area contributed by atoms with E-state index >= 15 is 0 Å². The highest BCUT2D eigenvalue weighted by atomic mass is 127. The monoisotopic (exact) mass is 356 g/mol. The molecular weight excluding hydrogens is 343 g/mol. The van der Waals surface area contributed by atoms with Crippen molar-refractivity contribution in [3.8, 4) is 0 Å². The summed E-state index contributed by atoms with van der Waals surface area (Å²) in [5.74, 6) is 0.656. The number of benzene rings is 1. The van der Waals surface area contributed by atoms with Crippen LogP contribution in [-0.2, 0) is 6.54 Å². The van der Waals surface area contributed by atoms with Crippen molar-refractivity contribution in [1.29, 1.82) is 0 Å². The van der Waals surface area contributed by atoms with Crippen LogP contribution >= 0.6 is 22.6 Å². The van der Waals surface area contributed by atoms with Crippen LogP contribution in [-0.4, -0.2) is 11.1 Å². The summed E-state index contributed by atoms with van der Waals surface area (Å²) in [5.41, 5.74) is 2.41. The fourth-order valence-corrected chi connectivity index (χ4v) is 2.20. The summed E-state index contributed by atoms with van der Waals surface area (Å²) in [5, 5.41) is 6.72. The summed E-state index contributed by atoms with van der Waals surface area (Å²) in [7, 11) is 0. The highest BCUT2D eigenvalue weighted by Crippen LogP contribution is 2.12. The van der Waals surface area contributed by atoms with E-state index in [0.717, 1.165) is 20.6 Å². The van der Waals surface area contributed by atoms with Crippen molar-refractivity contribution < 1.29 is 9.32 Å². The molecule has 0 saturated carbocycles. The summed E-state index contributed by atoms with van der Waals surface area (Å²) >= 11 is 2.18. The Balaban J connectivity index is 2.05. The molecule has 0 spiro atoms. The van der Waals surface area contributed by atoms with Gasteiger partial charge in [-0.15, -0.1) is 0 Å². The van der Waals surface area contributed by atoms with Gasteiger partial charge in [-0.25, -0.2) is 0 Å². The molecule has 0 atom stereocenters. The van der Waals surface area contributed by atoms with Crippen LogP contribution < -0.4 is 5.32 Å². The van der Waals surface area contributed by atoms with Crippen molar-refractivity contribution in [3.63, 3.8) is 0 Å². The topological polar surface area (TPSA) is 55.1 Å². The Labute approximate surface area is 119 Å². The van der Waals surface area contributed by atoms with E-state index < -0.39 is 0 Å². The zero-order chi connectivity index (χ0) is 13.1. The summed E-state index contributed by atoms with van der Waals surface area (Å²) in [6.07, 6.45) is 0. The van der Waals surface area contributed by atoms with Crippen molar-refractivity contribution in [2.45, 2.75) is 20.4 Å². The fourth-order valence-electron chi connectivity index (χ4n) is 1.65. The number of aromatic nitrogens is 1. The fraction of sp³-hybridized carbons (Fsp3) is 0.231. The molecule has 4 nitrogen and oxygen atoms in total. The van der Waals surface area contributed by atoms with Crippen LogP contribution in [0, 0.1) is 17.4 Å². The largest absolute Gasteiger partial charge is 0.361 e. The van der Waals surface area contributed by atoms with Gasteiger partial charge in [0.15, 0.2) is 0 Å². The first-order valence-electron chi connectivity index (χ1n) is 5.53. The van der Waals surface area contributed by atoms with Gasteiger partial charge in [0.25, 0.3) is 5.91 Å². The van der Waals surface area contributed by atoms with E-state index in [1.54, 1.807) is 6.07 Å². The van der Waals surface area contributed by atoms with Gasteiger partial charge >= 0.3 is 0 Å². The van der Waals surface area contributed by atoms with Crippen molar-refractivity contribution in [2.75, 3.05) is 0 Å². The first-order valence-corrected chi connectivity index (χ1v) is 6.61. The Hall–Kier alpha value is -1.37. The molecule has 1 aromatic heterocycles. The molecule has 0 unspecified atom stereocenters. The van der Waals surface area contributed by atoms with Gasteiger partial charge in [0.1, 0.15) is 5.76 Å². The molecule has 18 heavy (non-hydrogen) atoms. The molecule has 1 amide bonds. The van der Waals surface area contributed by atoms with E-state index in [2.05, 4.69) is 33.1 Å². The molecule has 0 fully saturated rings. The van der Waals surface area contributed by atoms with E-state index in [0.29, 0.717) is 12.1 Å². The normalized spacial score (nSPS) is 10.4. The van der Waals surface area contributed by atoms with E-state index in [1.165, 1.54) is 0 Å². The van der Waals surface area contributed by atoms with Gasteiger partial charge in [0.05, 0.1) is 5.69 Å². The van der Waals surface area contributed by atoms with E-state index in [-0.39, 0.29) is 5.91 Å². The second kappa shape index (κ2) is 5.51. The molecule has 0 radical (unpaired) electrons. The van der Waals surface area contributed by atoms with Crippen LogP contribution in [0.4, 0.5) is 0 Å². The van der Waals surface area contributed by atoms with E-state index in [9.17, 15) is 4.79 Å². The van der Waals surface area contributed by atoms with Crippen LogP contribution in [0.25, 0.3) is 0 Å². The molecule has 5 heteroatoms. The molecular formula is C13H13IN2O2.